The van der Waals surface area contributed by atoms with Crippen molar-refractivity contribution < 1.29 is 27.8 Å². The van der Waals surface area contributed by atoms with Gasteiger partial charge in [0.15, 0.2) is 11.5 Å². The lowest BCUT2D eigenvalue weighted by atomic mass is 10.1. The van der Waals surface area contributed by atoms with E-state index in [9.17, 15) is 18.3 Å². The van der Waals surface area contributed by atoms with Gasteiger partial charge in [0.05, 0.1) is 18.1 Å². The third-order valence-corrected chi connectivity index (χ3v) is 5.17. The molecule has 27 heavy (non-hydrogen) atoms. The van der Waals surface area contributed by atoms with E-state index in [0.717, 1.165) is 0 Å². The van der Waals surface area contributed by atoms with Crippen LogP contribution in [0.5, 0.6) is 11.5 Å². The van der Waals surface area contributed by atoms with Crippen molar-refractivity contribution in [1.29, 1.82) is 0 Å². The summed E-state index contributed by atoms with van der Waals surface area (Å²) in [6.45, 7) is 4.32. The molecule has 2 N–H and O–H groups in total. The molecular weight excluding hydrogens is 370 g/mol. The Kier molecular flexibility index (Phi) is 7.20. The van der Waals surface area contributed by atoms with Crippen molar-refractivity contribution in [2.24, 2.45) is 0 Å². The average Bonchev–Trinajstić information content (AvgIpc) is 2.63. The van der Waals surface area contributed by atoms with Crippen molar-refractivity contribution in [3.63, 3.8) is 0 Å². The molecule has 2 rings (SSSR count). The molecule has 0 saturated heterocycles. The quantitative estimate of drug-likeness (QED) is 0.643. The van der Waals surface area contributed by atoms with E-state index in [-0.39, 0.29) is 17.1 Å². The number of carbonyl (C=O) groups is 1. The minimum atomic E-state index is -4.06. The first kappa shape index (κ1) is 20.7. The van der Waals surface area contributed by atoms with Gasteiger partial charge in [0.1, 0.15) is 6.04 Å². The lowest BCUT2D eigenvalue weighted by Gasteiger charge is -2.16. The van der Waals surface area contributed by atoms with Gasteiger partial charge in [-0.25, -0.2) is 8.42 Å². The number of ether oxygens (including phenoxy) is 2. The van der Waals surface area contributed by atoms with Crippen LogP contribution in [0.15, 0.2) is 53.4 Å². The summed E-state index contributed by atoms with van der Waals surface area (Å²) in [6, 6.07) is 11.7. The lowest BCUT2D eigenvalue weighted by molar-refractivity contribution is -0.138. The molecule has 0 fully saturated rings. The minimum Gasteiger partial charge on any atom is -0.490 e. The van der Waals surface area contributed by atoms with Crippen LogP contribution in [0.25, 0.3) is 0 Å². The van der Waals surface area contributed by atoms with Crippen LogP contribution >= 0.6 is 0 Å². The van der Waals surface area contributed by atoms with Crippen molar-refractivity contribution in [2.75, 3.05) is 13.2 Å². The topological polar surface area (TPSA) is 102 Å². The van der Waals surface area contributed by atoms with Crippen LogP contribution in [0.1, 0.15) is 19.4 Å². The summed E-state index contributed by atoms with van der Waals surface area (Å²) < 4.78 is 38.5. The maximum atomic E-state index is 12.7. The summed E-state index contributed by atoms with van der Waals surface area (Å²) in [5, 5.41) is 9.43. The zero-order valence-corrected chi connectivity index (χ0v) is 16.0. The molecule has 8 heteroatoms. The van der Waals surface area contributed by atoms with Gasteiger partial charge >= 0.3 is 5.97 Å². The summed E-state index contributed by atoms with van der Waals surface area (Å²) in [4.78, 5) is 11.5. The normalized spacial score (nSPS) is 12.4. The van der Waals surface area contributed by atoms with Crippen molar-refractivity contribution in [3.05, 3.63) is 54.1 Å². The molecule has 0 spiro atoms. The van der Waals surface area contributed by atoms with Gasteiger partial charge in [0, 0.05) is 6.07 Å². The Bertz CT molecular complexity index is 867. The van der Waals surface area contributed by atoms with Gasteiger partial charge in [-0.15, -0.1) is 0 Å². The number of sulfonamides is 1. The van der Waals surface area contributed by atoms with Crippen LogP contribution in [0.4, 0.5) is 0 Å². The van der Waals surface area contributed by atoms with Crippen LogP contribution in [0.3, 0.4) is 0 Å². The highest BCUT2D eigenvalue weighted by Gasteiger charge is 2.26. The number of hydrogen-bond acceptors (Lipinski definition) is 5. The number of rotatable bonds is 10. The SMILES string of the molecule is CCOc1ccc(S(=O)(=O)N[C@H](Cc2ccccc2)C(=O)O)cc1OCC. The van der Waals surface area contributed by atoms with E-state index in [1.807, 2.05) is 6.92 Å². The van der Waals surface area contributed by atoms with E-state index in [1.54, 1.807) is 37.3 Å². The van der Waals surface area contributed by atoms with Gasteiger partial charge in [-0.1, -0.05) is 30.3 Å². The Morgan fingerprint density at radius 1 is 1.04 bits per heavy atom. The molecule has 2 aromatic carbocycles. The zero-order valence-electron chi connectivity index (χ0n) is 15.2. The molecule has 0 amide bonds. The van der Waals surface area contributed by atoms with Crippen molar-refractivity contribution in [3.8, 4) is 11.5 Å². The summed E-state index contributed by atoms with van der Waals surface area (Å²) >= 11 is 0. The highest BCUT2D eigenvalue weighted by atomic mass is 32.2. The summed E-state index contributed by atoms with van der Waals surface area (Å²) in [5.41, 5.74) is 0.717. The number of aliphatic carboxylic acids is 1. The number of carboxylic acids is 1. The molecule has 0 bridgehead atoms. The predicted molar refractivity (Wildman–Crippen MR) is 101 cm³/mol. The number of nitrogens with one attached hydrogen (secondary N) is 1. The molecule has 1 atom stereocenters. The first-order chi connectivity index (χ1) is 12.9. The average molecular weight is 393 g/mol. The van der Waals surface area contributed by atoms with E-state index in [0.29, 0.717) is 24.5 Å². The van der Waals surface area contributed by atoms with Gasteiger partial charge < -0.3 is 14.6 Å². The molecule has 0 aliphatic carbocycles. The highest BCUT2D eigenvalue weighted by Crippen LogP contribution is 2.30. The van der Waals surface area contributed by atoms with Crippen LogP contribution in [-0.4, -0.2) is 38.7 Å². The Hall–Kier alpha value is -2.58. The van der Waals surface area contributed by atoms with Crippen molar-refractivity contribution in [1.82, 2.24) is 4.72 Å². The second-order valence-corrected chi connectivity index (χ2v) is 7.39. The molecule has 0 aromatic heterocycles. The Morgan fingerprint density at radius 3 is 2.26 bits per heavy atom. The second-order valence-electron chi connectivity index (χ2n) is 5.68. The van der Waals surface area contributed by atoms with Gasteiger partial charge in [-0.3, -0.25) is 4.79 Å². The predicted octanol–water partition coefficient (Wildman–Crippen LogP) is 2.46. The molecule has 0 saturated carbocycles. The third kappa shape index (κ3) is 5.70. The molecule has 0 aliphatic heterocycles. The van der Waals surface area contributed by atoms with Gasteiger partial charge in [0.25, 0.3) is 0 Å². The maximum absolute atomic E-state index is 12.7. The number of benzene rings is 2. The molecular formula is C19H23NO6S. The van der Waals surface area contributed by atoms with Crippen molar-refractivity contribution >= 4 is 16.0 Å². The first-order valence-electron chi connectivity index (χ1n) is 8.56. The van der Waals surface area contributed by atoms with Crippen LogP contribution in [-0.2, 0) is 21.2 Å². The second kappa shape index (κ2) is 9.38. The third-order valence-electron chi connectivity index (χ3n) is 3.70. The molecule has 0 aliphatic rings. The van der Waals surface area contributed by atoms with E-state index < -0.39 is 22.0 Å². The van der Waals surface area contributed by atoms with Gasteiger partial charge in [-0.05, 0) is 38.0 Å². The lowest BCUT2D eigenvalue weighted by Crippen LogP contribution is -2.42. The van der Waals surface area contributed by atoms with E-state index in [1.165, 1.54) is 18.2 Å². The van der Waals surface area contributed by atoms with Gasteiger partial charge in [0.2, 0.25) is 10.0 Å². The Labute approximate surface area is 159 Å². The smallest absolute Gasteiger partial charge is 0.322 e. The van der Waals surface area contributed by atoms with Crippen LogP contribution < -0.4 is 14.2 Å². The Balaban J connectivity index is 2.27. The molecule has 0 heterocycles. The van der Waals surface area contributed by atoms with Crippen LogP contribution in [0.2, 0.25) is 0 Å². The summed E-state index contributed by atoms with van der Waals surface area (Å²) in [6.07, 6.45) is 0.0325. The monoisotopic (exact) mass is 393 g/mol. The zero-order chi connectivity index (χ0) is 19.9. The summed E-state index contributed by atoms with van der Waals surface area (Å²) in [5.74, 6) is -0.534. The summed E-state index contributed by atoms with van der Waals surface area (Å²) in [7, 11) is -4.06. The van der Waals surface area contributed by atoms with E-state index in [4.69, 9.17) is 9.47 Å². The largest absolute Gasteiger partial charge is 0.490 e. The van der Waals surface area contributed by atoms with Crippen LogP contribution in [0, 0.1) is 0 Å². The fraction of sp³-hybridized carbons (Fsp3) is 0.316. The molecule has 7 nitrogen and oxygen atoms in total. The Morgan fingerprint density at radius 2 is 1.67 bits per heavy atom. The fourth-order valence-corrected chi connectivity index (χ4v) is 3.69. The maximum Gasteiger partial charge on any atom is 0.322 e. The molecule has 0 radical (unpaired) electrons. The highest BCUT2D eigenvalue weighted by molar-refractivity contribution is 7.89. The van der Waals surface area contributed by atoms with E-state index in [2.05, 4.69) is 4.72 Å². The molecule has 2 aromatic rings. The standard InChI is InChI=1S/C19H23NO6S/c1-3-25-17-11-10-15(13-18(17)26-4-2)27(23,24)20-16(19(21)22)12-14-8-6-5-7-9-14/h5-11,13,16,20H,3-4,12H2,1-2H3,(H,21,22)/t16-/m1/s1. The molecule has 146 valence electrons. The molecule has 0 unspecified atom stereocenters. The first-order valence-corrected chi connectivity index (χ1v) is 10.0. The number of carboxylic acid groups (broad SMARTS) is 1. The fourth-order valence-electron chi connectivity index (χ4n) is 2.48. The van der Waals surface area contributed by atoms with Crippen molar-refractivity contribution in [2.45, 2.75) is 31.2 Å². The minimum absolute atomic E-state index is 0.0325. The number of hydrogen-bond donors (Lipinski definition) is 2. The van der Waals surface area contributed by atoms with Gasteiger partial charge in [-0.2, -0.15) is 4.72 Å². The van der Waals surface area contributed by atoms with E-state index >= 15 is 0 Å².